The molecule has 180 valence electrons. The number of likely N-dealkylation sites (tertiary alicyclic amines) is 1. The summed E-state index contributed by atoms with van der Waals surface area (Å²) in [6.45, 7) is 0.452. The zero-order chi connectivity index (χ0) is 24.8. The van der Waals surface area contributed by atoms with Gasteiger partial charge in [0.2, 0.25) is 5.91 Å². The Morgan fingerprint density at radius 3 is 2.31 bits per heavy atom. The number of nitrogens with zero attached hydrogens (tertiary/aromatic N) is 1. The van der Waals surface area contributed by atoms with Crippen molar-refractivity contribution < 1.29 is 19.1 Å². The topological polar surface area (TPSA) is 99.8 Å². The summed E-state index contributed by atoms with van der Waals surface area (Å²) < 4.78 is 5.31. The van der Waals surface area contributed by atoms with Crippen LogP contribution < -0.4 is 20.7 Å². The fourth-order valence-corrected chi connectivity index (χ4v) is 4.17. The lowest BCUT2D eigenvalue weighted by Crippen LogP contribution is -2.43. The Morgan fingerprint density at radius 1 is 0.886 bits per heavy atom. The van der Waals surface area contributed by atoms with Crippen LogP contribution >= 0.6 is 11.6 Å². The molecule has 8 nitrogen and oxygen atoms in total. The van der Waals surface area contributed by atoms with E-state index in [9.17, 15) is 14.4 Å². The second kappa shape index (κ2) is 10.9. The SMILES string of the molecule is COc1ccc(Cl)cc1C(=O)N1CCCC1C(=O)Nc1cccc(NC(=O)Nc2ccccc2)c1. The first-order valence-corrected chi connectivity index (χ1v) is 11.5. The van der Waals surface area contributed by atoms with Gasteiger partial charge in [0, 0.05) is 28.6 Å². The van der Waals surface area contributed by atoms with Gasteiger partial charge in [0.1, 0.15) is 11.8 Å². The smallest absolute Gasteiger partial charge is 0.323 e. The third-order valence-corrected chi connectivity index (χ3v) is 5.86. The van der Waals surface area contributed by atoms with Crippen molar-refractivity contribution in [2.75, 3.05) is 29.6 Å². The van der Waals surface area contributed by atoms with E-state index in [0.717, 1.165) is 0 Å². The number of methoxy groups -OCH3 is 1. The van der Waals surface area contributed by atoms with Crippen LogP contribution in [0.1, 0.15) is 23.2 Å². The van der Waals surface area contributed by atoms with Gasteiger partial charge < -0.3 is 25.6 Å². The monoisotopic (exact) mass is 492 g/mol. The van der Waals surface area contributed by atoms with Crippen LogP contribution in [0, 0.1) is 0 Å². The van der Waals surface area contributed by atoms with Gasteiger partial charge >= 0.3 is 6.03 Å². The molecule has 0 aliphatic carbocycles. The summed E-state index contributed by atoms with van der Waals surface area (Å²) in [4.78, 5) is 40.1. The molecular weight excluding hydrogens is 468 g/mol. The maximum Gasteiger partial charge on any atom is 0.323 e. The van der Waals surface area contributed by atoms with E-state index in [0.29, 0.717) is 52.8 Å². The Balaban J connectivity index is 1.42. The number of rotatable bonds is 6. The molecule has 0 radical (unpaired) electrons. The Morgan fingerprint density at radius 2 is 1.57 bits per heavy atom. The number of urea groups is 1. The first-order chi connectivity index (χ1) is 16.9. The van der Waals surface area contributed by atoms with Crippen LogP contribution in [0.15, 0.2) is 72.8 Å². The molecule has 0 spiro atoms. The molecule has 3 N–H and O–H groups in total. The van der Waals surface area contributed by atoms with Crippen LogP contribution in [-0.4, -0.2) is 42.4 Å². The molecule has 1 aliphatic heterocycles. The highest BCUT2D eigenvalue weighted by Gasteiger charge is 2.35. The molecular formula is C26H25ClN4O4. The van der Waals surface area contributed by atoms with Crippen LogP contribution in [0.5, 0.6) is 5.75 Å². The molecule has 9 heteroatoms. The van der Waals surface area contributed by atoms with Crippen molar-refractivity contribution in [3.8, 4) is 5.75 Å². The molecule has 1 atom stereocenters. The fraction of sp³-hybridized carbons (Fsp3) is 0.192. The number of hydrogen-bond donors (Lipinski definition) is 3. The minimum absolute atomic E-state index is 0.303. The van der Waals surface area contributed by atoms with Crippen molar-refractivity contribution in [3.05, 3.63) is 83.4 Å². The van der Waals surface area contributed by atoms with Crippen molar-refractivity contribution in [1.29, 1.82) is 0 Å². The summed E-state index contributed by atoms with van der Waals surface area (Å²) in [7, 11) is 1.48. The lowest BCUT2D eigenvalue weighted by Gasteiger charge is -2.25. The van der Waals surface area contributed by atoms with E-state index in [-0.39, 0.29) is 11.8 Å². The Hall–Kier alpha value is -4.04. The Kier molecular flexibility index (Phi) is 7.52. The molecule has 4 amide bonds. The maximum atomic E-state index is 13.2. The molecule has 3 aromatic carbocycles. The predicted octanol–water partition coefficient (Wildman–Crippen LogP) is 5.24. The highest BCUT2D eigenvalue weighted by Crippen LogP contribution is 2.28. The molecule has 4 rings (SSSR count). The third kappa shape index (κ3) is 5.91. The average Bonchev–Trinajstić information content (AvgIpc) is 3.34. The number of anilines is 3. The number of nitrogens with one attached hydrogen (secondary N) is 3. The van der Waals surface area contributed by atoms with Crippen LogP contribution in [0.2, 0.25) is 5.02 Å². The molecule has 1 saturated heterocycles. The van der Waals surface area contributed by atoms with Gasteiger partial charge in [0.25, 0.3) is 5.91 Å². The van der Waals surface area contributed by atoms with E-state index in [1.54, 1.807) is 59.5 Å². The minimum atomic E-state index is -0.635. The molecule has 35 heavy (non-hydrogen) atoms. The third-order valence-electron chi connectivity index (χ3n) is 5.63. The van der Waals surface area contributed by atoms with E-state index in [4.69, 9.17) is 16.3 Å². The van der Waals surface area contributed by atoms with Crippen molar-refractivity contribution in [2.45, 2.75) is 18.9 Å². The number of para-hydroxylation sites is 1. The summed E-state index contributed by atoms with van der Waals surface area (Å²) >= 11 is 6.09. The van der Waals surface area contributed by atoms with Gasteiger partial charge in [0.15, 0.2) is 0 Å². The lowest BCUT2D eigenvalue weighted by molar-refractivity contribution is -0.119. The van der Waals surface area contributed by atoms with Crippen LogP contribution in [0.3, 0.4) is 0 Å². The quantitative estimate of drug-likeness (QED) is 0.438. The van der Waals surface area contributed by atoms with Gasteiger partial charge in [-0.1, -0.05) is 35.9 Å². The predicted molar refractivity (Wildman–Crippen MR) is 136 cm³/mol. The van der Waals surface area contributed by atoms with E-state index >= 15 is 0 Å². The highest BCUT2D eigenvalue weighted by atomic mass is 35.5. The normalized spacial score (nSPS) is 14.8. The lowest BCUT2D eigenvalue weighted by atomic mass is 10.1. The molecule has 1 unspecified atom stereocenters. The van der Waals surface area contributed by atoms with Crippen molar-refractivity contribution >= 4 is 46.5 Å². The molecule has 0 aromatic heterocycles. The van der Waals surface area contributed by atoms with Gasteiger partial charge in [-0.3, -0.25) is 9.59 Å². The second-order valence-corrected chi connectivity index (χ2v) is 8.45. The van der Waals surface area contributed by atoms with Gasteiger partial charge in [-0.25, -0.2) is 4.79 Å². The highest BCUT2D eigenvalue weighted by molar-refractivity contribution is 6.31. The zero-order valence-electron chi connectivity index (χ0n) is 19.1. The minimum Gasteiger partial charge on any atom is -0.496 e. The van der Waals surface area contributed by atoms with Gasteiger partial charge in [-0.05, 0) is 61.4 Å². The molecule has 3 aromatic rings. The molecule has 1 aliphatic rings. The number of ether oxygens (including phenoxy) is 1. The van der Waals surface area contributed by atoms with E-state index in [2.05, 4.69) is 16.0 Å². The Bertz CT molecular complexity index is 1240. The van der Waals surface area contributed by atoms with E-state index in [1.807, 2.05) is 18.2 Å². The molecule has 1 fully saturated rings. The molecule has 0 saturated carbocycles. The summed E-state index contributed by atoms with van der Waals surface area (Å²) in [5, 5.41) is 8.76. The van der Waals surface area contributed by atoms with Crippen LogP contribution in [0.25, 0.3) is 0 Å². The summed E-state index contributed by atoms with van der Waals surface area (Å²) in [6, 6.07) is 19.7. The Labute approximate surface area is 208 Å². The maximum absolute atomic E-state index is 13.2. The standard InChI is InChI=1S/C26H25ClN4O4/c1-35-23-13-12-17(27)15-21(23)25(33)31-14-6-11-22(31)24(32)28-19-9-5-10-20(16-19)30-26(34)29-18-7-3-2-4-8-18/h2-5,7-10,12-13,15-16,22H,6,11,14H2,1H3,(H,28,32)(H2,29,30,34). The number of amides is 4. The summed E-state index contributed by atoms with van der Waals surface area (Å²) in [5.41, 5.74) is 2.00. The summed E-state index contributed by atoms with van der Waals surface area (Å²) in [5.74, 6) is -0.212. The number of carbonyl (C=O) groups excluding carboxylic acids is 3. The fourth-order valence-electron chi connectivity index (χ4n) is 4.00. The molecule has 1 heterocycles. The van der Waals surface area contributed by atoms with Gasteiger partial charge in [0.05, 0.1) is 12.7 Å². The van der Waals surface area contributed by atoms with Gasteiger partial charge in [-0.2, -0.15) is 0 Å². The number of halogens is 1. The number of benzene rings is 3. The second-order valence-electron chi connectivity index (χ2n) is 8.02. The molecule has 0 bridgehead atoms. The van der Waals surface area contributed by atoms with Crippen molar-refractivity contribution in [1.82, 2.24) is 4.90 Å². The van der Waals surface area contributed by atoms with Crippen LogP contribution in [0.4, 0.5) is 21.9 Å². The number of carbonyl (C=O) groups is 3. The van der Waals surface area contributed by atoms with E-state index in [1.165, 1.54) is 7.11 Å². The average molecular weight is 493 g/mol. The van der Waals surface area contributed by atoms with Crippen LogP contribution in [-0.2, 0) is 4.79 Å². The first-order valence-electron chi connectivity index (χ1n) is 11.1. The van der Waals surface area contributed by atoms with Crippen molar-refractivity contribution in [3.63, 3.8) is 0 Å². The summed E-state index contributed by atoms with van der Waals surface area (Å²) in [6.07, 6.45) is 1.24. The van der Waals surface area contributed by atoms with E-state index < -0.39 is 12.1 Å². The number of hydrogen-bond acceptors (Lipinski definition) is 4. The first kappa shape index (κ1) is 24.1. The van der Waals surface area contributed by atoms with Gasteiger partial charge in [-0.15, -0.1) is 0 Å². The zero-order valence-corrected chi connectivity index (χ0v) is 19.8. The largest absolute Gasteiger partial charge is 0.496 e. The van der Waals surface area contributed by atoms with Crippen molar-refractivity contribution in [2.24, 2.45) is 0 Å².